The van der Waals surface area contributed by atoms with Gasteiger partial charge in [-0.1, -0.05) is 38.3 Å². The van der Waals surface area contributed by atoms with Crippen molar-refractivity contribution in [3.63, 3.8) is 0 Å². The first-order valence-corrected chi connectivity index (χ1v) is 10.5. The Bertz CT molecular complexity index is 667. The van der Waals surface area contributed by atoms with Gasteiger partial charge in [-0.2, -0.15) is 0 Å². The smallest absolute Gasteiger partial charge is 0.190 e. The second-order valence-corrected chi connectivity index (χ2v) is 9.85. The van der Waals surface area contributed by atoms with Crippen LogP contribution in [0, 0.1) is 34.0 Å². The molecule has 7 heteroatoms. The van der Waals surface area contributed by atoms with Crippen LogP contribution in [-0.2, 0) is 9.57 Å². The maximum Gasteiger partial charge on any atom is 0.190 e. The van der Waals surface area contributed by atoms with E-state index in [-0.39, 0.29) is 28.7 Å². The summed E-state index contributed by atoms with van der Waals surface area (Å²) in [7, 11) is 1.64. The van der Waals surface area contributed by atoms with Crippen LogP contribution >= 0.6 is 12.8 Å². The summed E-state index contributed by atoms with van der Waals surface area (Å²) >= 11 is 4.44. The first kappa shape index (κ1) is 19.9. The molecule has 8 atom stereocenters. The van der Waals surface area contributed by atoms with Gasteiger partial charge in [0.2, 0.25) is 0 Å². The normalized spacial score (nSPS) is 52.0. The van der Waals surface area contributed by atoms with Gasteiger partial charge < -0.3 is 15.3 Å². The minimum Gasteiger partial charge on any atom is -0.393 e. The number of ether oxygens (including phenoxy) is 1. The van der Waals surface area contributed by atoms with Crippen LogP contribution in [0.5, 0.6) is 0 Å². The van der Waals surface area contributed by atoms with E-state index >= 15 is 0 Å². The Hall–Kier alpha value is -0.440. The molecule has 6 unspecified atom stereocenters. The number of nitrogens with one attached hydrogen (secondary N) is 2. The minimum atomic E-state index is -0.789. The van der Waals surface area contributed by atoms with E-state index in [0.29, 0.717) is 25.2 Å². The number of thiol groups is 1. The summed E-state index contributed by atoms with van der Waals surface area (Å²) in [6.07, 6.45) is 6.59. The zero-order valence-electron chi connectivity index (χ0n) is 16.5. The predicted molar refractivity (Wildman–Crippen MR) is 107 cm³/mol. The molecule has 0 aromatic carbocycles. The Morgan fingerprint density at radius 1 is 1.33 bits per heavy atom. The molecule has 27 heavy (non-hydrogen) atoms. The Labute approximate surface area is 167 Å². The molecule has 4 rings (SSSR count). The number of aliphatic hydroxyl groups excluding tert-OH is 1. The molecule has 0 heterocycles. The zero-order chi connectivity index (χ0) is 19.6. The van der Waals surface area contributed by atoms with Crippen molar-refractivity contribution in [3.8, 4) is 0 Å². The third-order valence-electron chi connectivity index (χ3n) is 8.63. The monoisotopic (exact) mass is 395 g/mol. The predicted octanol–water partition coefficient (Wildman–Crippen LogP) is 2.59. The molecule has 4 aliphatic carbocycles. The fraction of sp³-hybridized carbons (Fsp3) is 0.850. The van der Waals surface area contributed by atoms with Crippen molar-refractivity contribution in [2.24, 2.45) is 34.5 Å². The fourth-order valence-corrected chi connectivity index (χ4v) is 7.25. The van der Waals surface area contributed by atoms with E-state index in [2.05, 4.69) is 37.5 Å². The third kappa shape index (κ3) is 2.62. The number of rotatable bonds is 3. The number of aliphatic hydroxyl groups is 1. The third-order valence-corrected chi connectivity index (χ3v) is 8.92. The summed E-state index contributed by atoms with van der Waals surface area (Å²) in [5, 5.41) is 19.8. The van der Waals surface area contributed by atoms with Crippen molar-refractivity contribution in [3.05, 3.63) is 11.6 Å². The largest absolute Gasteiger partial charge is 0.393 e. The molecule has 0 radical (unpaired) electrons. The highest BCUT2D eigenvalue weighted by Crippen LogP contribution is 2.64. The van der Waals surface area contributed by atoms with Gasteiger partial charge in [-0.05, 0) is 48.9 Å². The lowest BCUT2D eigenvalue weighted by atomic mass is 9.46. The van der Waals surface area contributed by atoms with E-state index in [0.717, 1.165) is 25.0 Å². The van der Waals surface area contributed by atoms with Crippen LogP contribution in [0.3, 0.4) is 0 Å². The summed E-state index contributed by atoms with van der Waals surface area (Å²) in [5.74, 6) is 5.60. The van der Waals surface area contributed by atoms with Crippen LogP contribution in [0.4, 0.5) is 0 Å². The van der Waals surface area contributed by atoms with Crippen molar-refractivity contribution in [2.45, 2.75) is 70.3 Å². The summed E-state index contributed by atoms with van der Waals surface area (Å²) in [6, 6.07) is 0.0528. The van der Waals surface area contributed by atoms with E-state index in [4.69, 9.17) is 20.9 Å². The number of hydrogen-bond acceptors (Lipinski definition) is 7. The van der Waals surface area contributed by atoms with Crippen LogP contribution < -0.4 is 10.6 Å². The summed E-state index contributed by atoms with van der Waals surface area (Å²) in [6.45, 7) is 4.47. The van der Waals surface area contributed by atoms with Crippen molar-refractivity contribution in [1.29, 1.82) is 5.41 Å². The van der Waals surface area contributed by atoms with E-state index in [1.165, 1.54) is 5.57 Å². The average Bonchev–Trinajstić information content (AvgIpc) is 2.95. The maximum absolute atomic E-state index is 11.3. The standard InChI is InChI=1S/C20H33N3O3S/c1-18-6-7-20(25-3,26-22)9-11(18)8-13(23-27)16-12-4-5-15(21)19(12,2)10-14(24)17(16)18/h8,12-14,16-17,21,23-24,27H,4-7,9-10,22H2,1-3H3/t12?,13-,14+,16?,17?,18?,19?,20?/m0/s1. The maximum atomic E-state index is 11.3. The molecule has 0 spiro atoms. The van der Waals surface area contributed by atoms with E-state index in [9.17, 15) is 5.11 Å². The number of fused-ring (bicyclic) bond motifs is 5. The topological polar surface area (TPSA) is 101 Å². The van der Waals surface area contributed by atoms with Crippen LogP contribution in [-0.4, -0.2) is 35.9 Å². The Balaban J connectivity index is 1.78. The van der Waals surface area contributed by atoms with Gasteiger partial charge in [-0.15, -0.1) is 0 Å². The lowest BCUT2D eigenvalue weighted by molar-refractivity contribution is -0.247. The molecule has 3 saturated carbocycles. The van der Waals surface area contributed by atoms with Gasteiger partial charge in [0.15, 0.2) is 5.79 Å². The van der Waals surface area contributed by atoms with Crippen LogP contribution in [0.15, 0.2) is 11.6 Å². The minimum absolute atomic E-state index is 0.0528. The van der Waals surface area contributed by atoms with Gasteiger partial charge in [-0.3, -0.25) is 9.56 Å². The Morgan fingerprint density at radius 3 is 2.70 bits per heavy atom. The van der Waals surface area contributed by atoms with Crippen LogP contribution in [0.1, 0.15) is 52.4 Å². The van der Waals surface area contributed by atoms with Crippen molar-refractivity contribution in [2.75, 3.05) is 7.11 Å². The highest BCUT2D eigenvalue weighted by Gasteiger charge is 2.63. The second-order valence-electron chi connectivity index (χ2n) is 9.59. The molecule has 5 N–H and O–H groups in total. The van der Waals surface area contributed by atoms with Gasteiger partial charge in [0, 0.05) is 37.1 Å². The van der Waals surface area contributed by atoms with Crippen molar-refractivity contribution in [1.82, 2.24) is 4.72 Å². The van der Waals surface area contributed by atoms with Gasteiger partial charge >= 0.3 is 0 Å². The molecule has 0 amide bonds. The number of hydrogen-bond donors (Lipinski definition) is 5. The lowest BCUT2D eigenvalue weighted by Gasteiger charge is -2.61. The second kappa shape index (κ2) is 6.54. The molecule has 0 bridgehead atoms. The summed E-state index contributed by atoms with van der Waals surface area (Å²) in [4.78, 5) is 5.26. The first-order chi connectivity index (χ1) is 12.7. The van der Waals surface area contributed by atoms with Gasteiger partial charge in [-0.25, -0.2) is 5.90 Å². The van der Waals surface area contributed by atoms with Gasteiger partial charge in [0.1, 0.15) is 0 Å². The van der Waals surface area contributed by atoms with Crippen molar-refractivity contribution < 1.29 is 14.7 Å². The highest BCUT2D eigenvalue weighted by molar-refractivity contribution is 7.78. The van der Waals surface area contributed by atoms with Gasteiger partial charge in [0.25, 0.3) is 0 Å². The fourth-order valence-electron chi connectivity index (χ4n) is 7.01. The average molecular weight is 396 g/mol. The first-order valence-electron chi connectivity index (χ1n) is 10.0. The Morgan fingerprint density at radius 2 is 2.07 bits per heavy atom. The molecule has 0 saturated heterocycles. The van der Waals surface area contributed by atoms with Crippen LogP contribution in [0.2, 0.25) is 0 Å². The molecule has 3 fully saturated rings. The summed E-state index contributed by atoms with van der Waals surface area (Å²) in [5.41, 5.74) is 1.74. The number of nitrogens with two attached hydrogens (primary N) is 1. The molecule has 4 aliphatic rings. The molecule has 0 aliphatic heterocycles. The highest BCUT2D eigenvalue weighted by atomic mass is 32.1. The Kier molecular flexibility index (Phi) is 4.81. The molecule has 0 aromatic heterocycles. The quantitative estimate of drug-likeness (QED) is 0.219. The SMILES string of the molecule is COC1(ON)CCC2(C)C(=C[C@H](NS)C3C4CCC(=N)C4(C)C[C@@H](O)C32)C1. The van der Waals surface area contributed by atoms with E-state index < -0.39 is 11.9 Å². The molecule has 152 valence electrons. The van der Waals surface area contributed by atoms with Crippen LogP contribution in [0.25, 0.3) is 0 Å². The van der Waals surface area contributed by atoms with Crippen molar-refractivity contribution >= 4 is 18.5 Å². The van der Waals surface area contributed by atoms with Gasteiger partial charge in [0.05, 0.1) is 6.10 Å². The zero-order valence-corrected chi connectivity index (χ0v) is 17.4. The lowest BCUT2D eigenvalue weighted by Crippen LogP contribution is -2.62. The molecular formula is C20H33N3O3S. The molecule has 0 aromatic rings. The van der Waals surface area contributed by atoms with E-state index in [1.54, 1.807) is 7.11 Å². The molecule has 6 nitrogen and oxygen atoms in total. The van der Waals surface area contributed by atoms with E-state index in [1.807, 2.05) is 0 Å². The molecular weight excluding hydrogens is 362 g/mol. The summed E-state index contributed by atoms with van der Waals surface area (Å²) < 4.78 is 8.84. The number of methoxy groups -OCH3 is 1.